The van der Waals surface area contributed by atoms with E-state index >= 15 is 0 Å². The summed E-state index contributed by atoms with van der Waals surface area (Å²) in [5.41, 5.74) is 8.49. The monoisotopic (exact) mass is 285 g/mol. The highest BCUT2D eigenvalue weighted by atomic mass is 79.9. The maximum atomic E-state index is 6.24. The molecule has 0 radical (unpaired) electrons. The van der Waals surface area contributed by atoms with E-state index in [9.17, 15) is 0 Å². The van der Waals surface area contributed by atoms with Crippen molar-refractivity contribution in [3.05, 3.63) is 27.7 Å². The van der Waals surface area contributed by atoms with Crippen molar-refractivity contribution in [1.29, 1.82) is 0 Å². The summed E-state index contributed by atoms with van der Waals surface area (Å²) in [5.74, 6) is 1.33. The predicted octanol–water partition coefficient (Wildman–Crippen LogP) is 3.81. The topological polar surface area (TPSA) is 35.2 Å². The van der Waals surface area contributed by atoms with Gasteiger partial charge in [-0.2, -0.15) is 0 Å². The Balaban J connectivity index is 3.16. The number of ether oxygens (including phenoxy) is 1. The van der Waals surface area contributed by atoms with E-state index < -0.39 is 0 Å². The van der Waals surface area contributed by atoms with Crippen molar-refractivity contribution in [2.45, 2.75) is 33.2 Å². The molecule has 2 unspecified atom stereocenters. The zero-order valence-electron chi connectivity index (χ0n) is 10.4. The van der Waals surface area contributed by atoms with Gasteiger partial charge in [0.1, 0.15) is 5.75 Å². The molecule has 1 rings (SSSR count). The Morgan fingerprint density at radius 1 is 1.44 bits per heavy atom. The number of methoxy groups -OCH3 is 1. The molecular weight excluding hydrogens is 266 g/mol. The van der Waals surface area contributed by atoms with Crippen molar-refractivity contribution in [2.75, 3.05) is 7.11 Å². The first-order chi connectivity index (χ1) is 7.51. The Labute approximate surface area is 106 Å². The van der Waals surface area contributed by atoms with Crippen LogP contribution in [-0.2, 0) is 0 Å². The zero-order valence-corrected chi connectivity index (χ0v) is 12.0. The normalized spacial score (nSPS) is 14.6. The van der Waals surface area contributed by atoms with Crippen LogP contribution in [0.2, 0.25) is 0 Å². The summed E-state index contributed by atoms with van der Waals surface area (Å²) in [6, 6.07) is 4.13. The number of benzene rings is 1. The van der Waals surface area contributed by atoms with Crippen LogP contribution in [0.3, 0.4) is 0 Å². The molecule has 90 valence electrons. The Bertz CT molecular complexity index is 365. The fourth-order valence-corrected chi connectivity index (χ4v) is 2.03. The number of aryl methyl sites for hydroxylation is 1. The maximum Gasteiger partial charge on any atom is 0.123 e. The lowest BCUT2D eigenvalue weighted by Crippen LogP contribution is -2.19. The second-order valence-corrected chi connectivity index (χ2v) is 5.11. The Kier molecular flexibility index (Phi) is 4.81. The molecule has 2 nitrogen and oxygen atoms in total. The average molecular weight is 286 g/mol. The molecule has 0 saturated carbocycles. The van der Waals surface area contributed by atoms with Gasteiger partial charge in [-0.25, -0.2) is 0 Å². The molecule has 3 heteroatoms. The van der Waals surface area contributed by atoms with Crippen molar-refractivity contribution in [3.8, 4) is 5.75 Å². The quantitative estimate of drug-likeness (QED) is 0.913. The molecule has 0 spiro atoms. The Morgan fingerprint density at radius 3 is 2.56 bits per heavy atom. The first-order valence-corrected chi connectivity index (χ1v) is 6.40. The van der Waals surface area contributed by atoms with Gasteiger partial charge in [0.25, 0.3) is 0 Å². The molecule has 1 aromatic rings. The lowest BCUT2D eigenvalue weighted by Gasteiger charge is -2.22. The highest BCUT2D eigenvalue weighted by molar-refractivity contribution is 9.10. The van der Waals surface area contributed by atoms with E-state index in [0.717, 1.165) is 27.8 Å². The highest BCUT2D eigenvalue weighted by Gasteiger charge is 2.18. The standard InChI is InChI=1S/C13H20BrNO/c1-5-8(2)13(15)10-7-11(14)9(3)6-12(10)16-4/h6-8,13H,5,15H2,1-4H3. The van der Waals surface area contributed by atoms with Crippen LogP contribution in [0.4, 0.5) is 0 Å². The number of rotatable bonds is 4. The largest absolute Gasteiger partial charge is 0.496 e. The van der Waals surface area contributed by atoms with Gasteiger partial charge in [-0.05, 0) is 30.5 Å². The summed E-state index contributed by atoms with van der Waals surface area (Å²) in [6.45, 7) is 6.36. The zero-order chi connectivity index (χ0) is 12.3. The van der Waals surface area contributed by atoms with Crippen molar-refractivity contribution in [2.24, 2.45) is 11.7 Å². The molecule has 0 aromatic heterocycles. The minimum absolute atomic E-state index is 0.0249. The number of nitrogens with two attached hydrogens (primary N) is 1. The third-order valence-corrected chi connectivity index (χ3v) is 3.98. The second kappa shape index (κ2) is 5.69. The van der Waals surface area contributed by atoms with Crippen LogP contribution in [0.1, 0.15) is 37.4 Å². The van der Waals surface area contributed by atoms with Crippen molar-refractivity contribution in [3.63, 3.8) is 0 Å². The van der Waals surface area contributed by atoms with Gasteiger partial charge < -0.3 is 10.5 Å². The molecule has 2 atom stereocenters. The van der Waals surface area contributed by atoms with Crippen molar-refractivity contribution in [1.82, 2.24) is 0 Å². The first-order valence-electron chi connectivity index (χ1n) is 5.60. The first kappa shape index (κ1) is 13.5. The summed E-state index contributed by atoms with van der Waals surface area (Å²) < 4.78 is 6.48. The highest BCUT2D eigenvalue weighted by Crippen LogP contribution is 2.33. The summed E-state index contributed by atoms with van der Waals surface area (Å²) in [5, 5.41) is 0. The average Bonchev–Trinajstić information content (AvgIpc) is 2.30. The minimum atomic E-state index is 0.0249. The van der Waals surface area contributed by atoms with E-state index in [4.69, 9.17) is 10.5 Å². The van der Waals surface area contributed by atoms with Gasteiger partial charge in [-0.1, -0.05) is 36.2 Å². The van der Waals surface area contributed by atoms with Gasteiger partial charge in [0.05, 0.1) is 7.11 Å². The van der Waals surface area contributed by atoms with Crippen LogP contribution in [0, 0.1) is 12.8 Å². The molecule has 16 heavy (non-hydrogen) atoms. The van der Waals surface area contributed by atoms with E-state index in [-0.39, 0.29) is 6.04 Å². The van der Waals surface area contributed by atoms with Crippen LogP contribution in [0.25, 0.3) is 0 Å². The maximum absolute atomic E-state index is 6.24. The molecule has 0 aliphatic heterocycles. The number of halogens is 1. The summed E-state index contributed by atoms with van der Waals surface area (Å²) >= 11 is 3.54. The molecule has 0 aliphatic carbocycles. The van der Waals surface area contributed by atoms with Crippen LogP contribution in [-0.4, -0.2) is 7.11 Å². The molecule has 0 heterocycles. The van der Waals surface area contributed by atoms with Crippen LogP contribution >= 0.6 is 15.9 Å². The molecule has 0 amide bonds. The SMILES string of the molecule is CCC(C)C(N)c1cc(Br)c(C)cc1OC. The molecular formula is C13H20BrNO. The van der Waals surface area contributed by atoms with E-state index in [2.05, 4.69) is 35.8 Å². The van der Waals surface area contributed by atoms with Crippen molar-refractivity contribution >= 4 is 15.9 Å². The van der Waals surface area contributed by atoms with Gasteiger partial charge in [0, 0.05) is 16.1 Å². The van der Waals surface area contributed by atoms with Gasteiger partial charge in [-0.3, -0.25) is 0 Å². The Morgan fingerprint density at radius 2 is 2.06 bits per heavy atom. The van der Waals surface area contributed by atoms with E-state index in [0.29, 0.717) is 5.92 Å². The molecule has 1 aromatic carbocycles. The lowest BCUT2D eigenvalue weighted by atomic mass is 9.92. The van der Waals surface area contributed by atoms with E-state index in [1.807, 2.05) is 13.0 Å². The third kappa shape index (κ3) is 2.77. The van der Waals surface area contributed by atoms with Gasteiger partial charge >= 0.3 is 0 Å². The number of hydrogen-bond donors (Lipinski definition) is 1. The lowest BCUT2D eigenvalue weighted by molar-refractivity contribution is 0.388. The molecule has 0 aliphatic rings. The third-order valence-electron chi connectivity index (χ3n) is 3.13. The second-order valence-electron chi connectivity index (χ2n) is 4.25. The van der Waals surface area contributed by atoms with E-state index in [1.165, 1.54) is 0 Å². The van der Waals surface area contributed by atoms with Crippen LogP contribution in [0.5, 0.6) is 5.75 Å². The minimum Gasteiger partial charge on any atom is -0.496 e. The summed E-state index contributed by atoms with van der Waals surface area (Å²) in [6.07, 6.45) is 1.07. The van der Waals surface area contributed by atoms with Gasteiger partial charge in [-0.15, -0.1) is 0 Å². The fraction of sp³-hybridized carbons (Fsp3) is 0.538. The number of hydrogen-bond acceptors (Lipinski definition) is 2. The molecule has 0 fully saturated rings. The van der Waals surface area contributed by atoms with Crippen LogP contribution < -0.4 is 10.5 Å². The fourth-order valence-electron chi connectivity index (χ4n) is 1.67. The van der Waals surface area contributed by atoms with Crippen LogP contribution in [0.15, 0.2) is 16.6 Å². The predicted molar refractivity (Wildman–Crippen MR) is 71.8 cm³/mol. The van der Waals surface area contributed by atoms with E-state index in [1.54, 1.807) is 7.11 Å². The van der Waals surface area contributed by atoms with Gasteiger partial charge in [0.15, 0.2) is 0 Å². The molecule has 2 N–H and O–H groups in total. The summed E-state index contributed by atoms with van der Waals surface area (Å²) in [7, 11) is 1.69. The van der Waals surface area contributed by atoms with Crippen molar-refractivity contribution < 1.29 is 4.74 Å². The molecule has 0 bridgehead atoms. The Hall–Kier alpha value is -0.540. The molecule has 0 saturated heterocycles. The summed E-state index contributed by atoms with van der Waals surface area (Å²) in [4.78, 5) is 0. The smallest absolute Gasteiger partial charge is 0.123 e. The van der Waals surface area contributed by atoms with Gasteiger partial charge in [0.2, 0.25) is 0 Å².